The molecule has 0 bridgehead atoms. The number of rotatable bonds is 79. The molecule has 19 heteroatoms. The van der Waals surface area contributed by atoms with E-state index in [9.17, 15) is 61.0 Å². The first kappa shape index (κ1) is 107. The zero-order valence-corrected chi connectivity index (χ0v) is 73.5. The van der Waals surface area contributed by atoms with Crippen molar-refractivity contribution in [3.05, 3.63) is 72.9 Å². The van der Waals surface area contributed by atoms with Gasteiger partial charge in [-0.25, -0.2) is 0 Å². The Morgan fingerprint density at radius 3 is 0.966 bits per heavy atom. The standard InChI is InChI=1S/C97H177NO18/c1-3-5-7-9-11-13-15-17-19-21-23-25-27-29-31-33-35-36-37-38-39-40-41-42-43-44-45-47-49-51-53-55-57-59-61-63-65-67-69-71-73-75-85(103)98-80(81(102)74-72-70-68-66-64-62-60-58-56-54-52-50-48-46-34-32-30-28-26-24-22-20-18-16-14-12-10-8-6-4-2)79-111-95-91(109)88(106)93(83(77-100)113-95)116-97-92(110)89(107)94(84(78-101)114-97)115-96-90(108)87(105)86(104)82(76-99)112-96/h5,7,11,13,17,19,23,25,64,66,72,74,80-84,86-97,99-102,104-110H,3-4,6,8-10,12,14-16,18,20-22,24,26-63,65,67-71,73,75-79H2,1-2H3,(H,98,103)/b7-5-,13-11-,19-17-,25-23-,66-64+,74-72+. The number of nitrogens with one attached hydrogen (secondary N) is 1. The molecule has 116 heavy (non-hydrogen) atoms. The molecule has 3 aliphatic heterocycles. The maximum atomic E-state index is 13.5. The smallest absolute Gasteiger partial charge is 0.220 e. The molecule has 3 saturated heterocycles. The molecule has 0 aromatic rings. The van der Waals surface area contributed by atoms with Crippen LogP contribution in [0.4, 0.5) is 0 Å². The van der Waals surface area contributed by atoms with Crippen LogP contribution in [0.5, 0.6) is 0 Å². The Labute approximate surface area is 706 Å². The number of allylic oxidation sites excluding steroid dienone is 11. The maximum Gasteiger partial charge on any atom is 0.220 e. The third-order valence-electron chi connectivity index (χ3n) is 23.7. The number of ether oxygens (including phenoxy) is 6. The molecule has 0 saturated carbocycles. The molecular formula is C97H177NO18. The van der Waals surface area contributed by atoms with Crippen molar-refractivity contribution >= 4 is 5.91 Å². The molecule has 0 radical (unpaired) electrons. The van der Waals surface area contributed by atoms with Crippen molar-refractivity contribution < 1.29 is 89.4 Å². The predicted molar refractivity (Wildman–Crippen MR) is 471 cm³/mol. The largest absolute Gasteiger partial charge is 0.394 e. The molecule has 19 nitrogen and oxygen atoms in total. The Hall–Kier alpha value is -2.77. The molecule has 17 unspecified atom stereocenters. The van der Waals surface area contributed by atoms with E-state index in [1.165, 1.54) is 308 Å². The number of hydrogen-bond donors (Lipinski definition) is 12. The lowest BCUT2D eigenvalue weighted by Crippen LogP contribution is -2.66. The van der Waals surface area contributed by atoms with Crippen molar-refractivity contribution in [2.45, 2.75) is 510 Å². The van der Waals surface area contributed by atoms with Crippen LogP contribution in [0.15, 0.2) is 72.9 Å². The number of carbonyl (C=O) groups is 1. The van der Waals surface area contributed by atoms with Crippen molar-refractivity contribution in [3.63, 3.8) is 0 Å². The van der Waals surface area contributed by atoms with Gasteiger partial charge in [0.1, 0.15) is 73.2 Å². The zero-order valence-electron chi connectivity index (χ0n) is 73.5. The molecule has 0 aromatic heterocycles. The van der Waals surface area contributed by atoms with Gasteiger partial charge in [-0.15, -0.1) is 0 Å². The highest BCUT2D eigenvalue weighted by atomic mass is 16.8. The normalized spacial score (nSPS) is 24.8. The van der Waals surface area contributed by atoms with E-state index in [4.69, 9.17) is 28.4 Å². The van der Waals surface area contributed by atoms with Gasteiger partial charge in [-0.05, 0) is 70.6 Å². The van der Waals surface area contributed by atoms with E-state index in [0.717, 1.165) is 64.2 Å². The van der Waals surface area contributed by atoms with E-state index >= 15 is 0 Å². The Morgan fingerprint density at radius 2 is 0.603 bits per heavy atom. The summed E-state index contributed by atoms with van der Waals surface area (Å²) < 4.78 is 34.5. The first-order valence-electron chi connectivity index (χ1n) is 48.2. The highest BCUT2D eigenvalue weighted by molar-refractivity contribution is 5.76. The molecule has 0 aliphatic carbocycles. The van der Waals surface area contributed by atoms with Crippen LogP contribution >= 0.6 is 0 Å². The lowest BCUT2D eigenvalue weighted by molar-refractivity contribution is -0.379. The van der Waals surface area contributed by atoms with Crippen molar-refractivity contribution in [2.24, 2.45) is 0 Å². The summed E-state index contributed by atoms with van der Waals surface area (Å²) in [7, 11) is 0. The van der Waals surface area contributed by atoms with E-state index in [1.807, 2.05) is 6.08 Å². The average Bonchev–Trinajstić information content (AvgIpc) is 0.783. The van der Waals surface area contributed by atoms with Crippen LogP contribution in [0.25, 0.3) is 0 Å². The fraction of sp³-hybridized carbons (Fsp3) is 0.866. The van der Waals surface area contributed by atoms with E-state index in [0.29, 0.717) is 12.8 Å². The summed E-state index contributed by atoms with van der Waals surface area (Å²) >= 11 is 0. The third kappa shape index (κ3) is 53.3. The van der Waals surface area contributed by atoms with E-state index in [-0.39, 0.29) is 18.9 Å². The lowest BCUT2D eigenvalue weighted by Gasteiger charge is -2.48. The molecule has 1 amide bonds. The minimum atomic E-state index is -1.98. The summed E-state index contributed by atoms with van der Waals surface area (Å²) in [6.07, 6.45) is 76.6. The number of unbranched alkanes of at least 4 members (excludes halogenated alkanes) is 53. The molecule has 3 rings (SSSR count). The van der Waals surface area contributed by atoms with Crippen LogP contribution in [-0.4, -0.2) is 193 Å². The molecule has 3 fully saturated rings. The van der Waals surface area contributed by atoms with Crippen molar-refractivity contribution in [1.82, 2.24) is 5.32 Å². The number of amides is 1. The van der Waals surface area contributed by atoms with Gasteiger partial charge >= 0.3 is 0 Å². The third-order valence-corrected chi connectivity index (χ3v) is 23.7. The monoisotopic (exact) mass is 1640 g/mol. The van der Waals surface area contributed by atoms with Crippen LogP contribution in [0.3, 0.4) is 0 Å². The number of aliphatic hydroxyl groups excluding tert-OH is 11. The van der Waals surface area contributed by atoms with Crippen LogP contribution in [0.2, 0.25) is 0 Å². The second-order valence-electron chi connectivity index (χ2n) is 34.1. The van der Waals surface area contributed by atoms with Gasteiger partial charge in [-0.2, -0.15) is 0 Å². The zero-order chi connectivity index (χ0) is 83.8. The van der Waals surface area contributed by atoms with E-state index in [2.05, 4.69) is 79.9 Å². The Balaban J connectivity index is 1.29. The maximum absolute atomic E-state index is 13.5. The van der Waals surface area contributed by atoms with Gasteiger partial charge in [0, 0.05) is 6.42 Å². The molecule has 17 atom stereocenters. The van der Waals surface area contributed by atoms with Crippen LogP contribution in [0, 0.1) is 0 Å². The van der Waals surface area contributed by atoms with Gasteiger partial charge in [0.2, 0.25) is 5.91 Å². The fourth-order valence-corrected chi connectivity index (χ4v) is 16.1. The molecule has 12 N–H and O–H groups in total. The van der Waals surface area contributed by atoms with Gasteiger partial charge in [-0.3, -0.25) is 4.79 Å². The second-order valence-corrected chi connectivity index (χ2v) is 34.1. The van der Waals surface area contributed by atoms with Gasteiger partial charge < -0.3 is 89.9 Å². The Kier molecular flexibility index (Phi) is 70.3. The minimum Gasteiger partial charge on any atom is -0.394 e. The molecule has 0 spiro atoms. The van der Waals surface area contributed by atoms with Gasteiger partial charge in [0.25, 0.3) is 0 Å². The summed E-state index contributed by atoms with van der Waals surface area (Å²) in [6, 6.07) is -0.993. The summed E-state index contributed by atoms with van der Waals surface area (Å²) in [5.74, 6) is -0.277. The summed E-state index contributed by atoms with van der Waals surface area (Å²) in [4.78, 5) is 13.5. The van der Waals surface area contributed by atoms with Gasteiger partial charge in [-0.1, -0.05) is 401 Å². The molecular weight excluding hydrogens is 1470 g/mol. The predicted octanol–water partition coefficient (Wildman–Crippen LogP) is 19.5. The van der Waals surface area contributed by atoms with Crippen molar-refractivity contribution in [1.29, 1.82) is 0 Å². The summed E-state index contributed by atoms with van der Waals surface area (Å²) in [5.41, 5.74) is 0. The average molecular weight is 1650 g/mol. The molecule has 3 heterocycles. The summed E-state index contributed by atoms with van der Waals surface area (Å²) in [6.45, 7) is 1.67. The molecule has 678 valence electrons. The van der Waals surface area contributed by atoms with Gasteiger partial charge in [0.05, 0.1) is 38.6 Å². The first-order chi connectivity index (χ1) is 56.8. The van der Waals surface area contributed by atoms with E-state index < -0.39 is 124 Å². The Morgan fingerprint density at radius 1 is 0.319 bits per heavy atom. The van der Waals surface area contributed by atoms with Crippen LogP contribution < -0.4 is 5.32 Å². The van der Waals surface area contributed by atoms with E-state index in [1.54, 1.807) is 6.08 Å². The van der Waals surface area contributed by atoms with Crippen molar-refractivity contribution in [2.75, 3.05) is 26.4 Å². The molecule has 0 aromatic carbocycles. The minimum absolute atomic E-state index is 0.238. The van der Waals surface area contributed by atoms with Crippen molar-refractivity contribution in [3.8, 4) is 0 Å². The first-order valence-corrected chi connectivity index (χ1v) is 48.2. The lowest BCUT2D eigenvalue weighted by atomic mass is 9.96. The quantitative estimate of drug-likeness (QED) is 0.0199. The second kappa shape index (κ2) is 75.9. The Bertz CT molecular complexity index is 2370. The summed E-state index contributed by atoms with van der Waals surface area (Å²) in [5, 5.41) is 121. The topological polar surface area (TPSA) is 307 Å². The highest BCUT2D eigenvalue weighted by Gasteiger charge is 2.54. The number of hydrogen-bond acceptors (Lipinski definition) is 18. The fourth-order valence-electron chi connectivity index (χ4n) is 16.1. The highest BCUT2D eigenvalue weighted by Crippen LogP contribution is 2.34. The van der Waals surface area contributed by atoms with Crippen LogP contribution in [-0.2, 0) is 33.2 Å². The number of aliphatic hydroxyl groups is 11. The number of carbonyl (C=O) groups excluding carboxylic acids is 1. The molecule has 3 aliphatic rings. The van der Waals surface area contributed by atoms with Gasteiger partial charge in [0.15, 0.2) is 18.9 Å². The van der Waals surface area contributed by atoms with Crippen LogP contribution in [0.1, 0.15) is 406 Å². The SMILES string of the molecule is CC/C=C\C/C=C\C/C=C\C/C=C\CCCCCCCCCCCCCCCCCCCCCCCCCCCCCCC(=O)NC(COC1OC(CO)C(OC2OC(CO)C(OC3OC(CO)C(O)C(O)C3O)C(O)C2O)C(O)C1O)C(O)/C=C/CC/C=C/CCCCCCCCCCCCCCCCCCCCCCCCCC.